The topological polar surface area (TPSA) is 38.3 Å². The first-order valence-electron chi connectivity index (χ1n) is 6.91. The highest BCUT2D eigenvalue weighted by molar-refractivity contribution is 7.84. The summed E-state index contributed by atoms with van der Waals surface area (Å²) in [7, 11) is -1.22. The molecular formula is C15H22ClF2NO2S. The highest BCUT2D eigenvalue weighted by Gasteiger charge is 2.22. The maximum absolute atomic E-state index is 12.2. The van der Waals surface area contributed by atoms with Crippen molar-refractivity contribution in [1.82, 2.24) is 4.72 Å². The molecule has 0 saturated heterocycles. The van der Waals surface area contributed by atoms with Crippen LogP contribution < -0.4 is 9.46 Å². The van der Waals surface area contributed by atoms with Crippen LogP contribution in [0.15, 0.2) is 12.1 Å². The summed E-state index contributed by atoms with van der Waals surface area (Å²) in [6.45, 7) is 8.55. The molecule has 0 aliphatic carbocycles. The maximum Gasteiger partial charge on any atom is 0.272 e. The SMILES string of the molecule is Cc1cc(C(C)N[S@](=O)C(C)(C)C)cc(Cl)c1OCC(F)F. The van der Waals surface area contributed by atoms with Crippen LogP contribution in [-0.2, 0) is 11.0 Å². The smallest absolute Gasteiger partial charge is 0.272 e. The van der Waals surface area contributed by atoms with Gasteiger partial charge >= 0.3 is 0 Å². The lowest BCUT2D eigenvalue weighted by Crippen LogP contribution is -2.34. The largest absolute Gasteiger partial charge is 0.486 e. The van der Waals surface area contributed by atoms with Crippen LogP contribution in [0.2, 0.25) is 5.02 Å². The molecule has 3 nitrogen and oxygen atoms in total. The van der Waals surface area contributed by atoms with Gasteiger partial charge in [-0.25, -0.2) is 17.7 Å². The van der Waals surface area contributed by atoms with E-state index in [0.29, 0.717) is 5.56 Å². The third-order valence-corrected chi connectivity index (χ3v) is 4.91. The number of aryl methyl sites for hydroxylation is 1. The highest BCUT2D eigenvalue weighted by Crippen LogP contribution is 2.32. The Morgan fingerprint density at radius 2 is 1.95 bits per heavy atom. The summed E-state index contributed by atoms with van der Waals surface area (Å²) in [5.74, 6) is 0.259. The predicted molar refractivity (Wildman–Crippen MR) is 87.1 cm³/mol. The van der Waals surface area contributed by atoms with Crippen LogP contribution in [0, 0.1) is 6.92 Å². The molecular weight excluding hydrogens is 332 g/mol. The van der Waals surface area contributed by atoms with Gasteiger partial charge in [0.2, 0.25) is 0 Å². The van der Waals surface area contributed by atoms with E-state index in [9.17, 15) is 13.0 Å². The Morgan fingerprint density at radius 3 is 2.41 bits per heavy atom. The minimum Gasteiger partial charge on any atom is -0.486 e. The maximum atomic E-state index is 12.2. The zero-order valence-electron chi connectivity index (χ0n) is 13.4. The van der Waals surface area contributed by atoms with Crippen molar-refractivity contribution in [2.75, 3.05) is 6.61 Å². The van der Waals surface area contributed by atoms with E-state index in [0.717, 1.165) is 5.56 Å². The van der Waals surface area contributed by atoms with Gasteiger partial charge in [0.05, 0.1) is 20.8 Å². The van der Waals surface area contributed by atoms with E-state index >= 15 is 0 Å². The Balaban J connectivity index is 2.91. The molecule has 126 valence electrons. The lowest BCUT2D eigenvalue weighted by atomic mass is 10.1. The molecule has 7 heteroatoms. The van der Waals surface area contributed by atoms with Crippen LogP contribution in [0.3, 0.4) is 0 Å². The molecule has 0 bridgehead atoms. The van der Waals surface area contributed by atoms with Crippen LogP contribution in [0.25, 0.3) is 0 Å². The molecule has 1 aromatic rings. The molecule has 0 heterocycles. The Labute approximate surface area is 138 Å². The molecule has 1 rings (SSSR count). The van der Waals surface area contributed by atoms with Crippen molar-refractivity contribution in [2.45, 2.75) is 51.8 Å². The molecule has 0 saturated carbocycles. The standard InChI is InChI=1S/C15H22ClF2NO2S/c1-9-6-11(10(2)19-22(20)15(3,4)5)7-12(16)14(9)21-8-13(17)18/h6-7,10,13,19H,8H2,1-5H3/t10?,22-/m1/s1. The second-order valence-corrected chi connectivity index (χ2v) is 8.48. The van der Waals surface area contributed by atoms with E-state index in [1.807, 2.05) is 27.7 Å². The van der Waals surface area contributed by atoms with E-state index in [2.05, 4.69) is 4.72 Å². The van der Waals surface area contributed by atoms with Crippen molar-refractivity contribution in [1.29, 1.82) is 0 Å². The zero-order chi connectivity index (χ0) is 17.1. The van der Waals surface area contributed by atoms with E-state index in [1.165, 1.54) is 0 Å². The molecule has 1 aromatic carbocycles. The number of halogens is 3. The molecule has 0 amide bonds. The number of nitrogens with one attached hydrogen (secondary N) is 1. The van der Waals surface area contributed by atoms with Gasteiger partial charge < -0.3 is 4.74 Å². The Hall–Kier alpha value is -0.720. The molecule has 1 N–H and O–H groups in total. The number of rotatable bonds is 6. The molecule has 0 radical (unpaired) electrons. The van der Waals surface area contributed by atoms with Crippen LogP contribution in [-0.4, -0.2) is 22.0 Å². The summed E-state index contributed by atoms with van der Waals surface area (Å²) < 4.78 is 44.3. The lowest BCUT2D eigenvalue weighted by molar-refractivity contribution is 0.0816. The Kier molecular flexibility index (Phi) is 6.77. The lowest BCUT2D eigenvalue weighted by Gasteiger charge is -2.23. The van der Waals surface area contributed by atoms with Crippen LogP contribution in [0.1, 0.15) is 44.9 Å². The van der Waals surface area contributed by atoms with E-state index in [-0.39, 0.29) is 21.6 Å². The van der Waals surface area contributed by atoms with Gasteiger partial charge in [-0.2, -0.15) is 0 Å². The Bertz CT molecular complexity index is 524. The van der Waals surface area contributed by atoms with Crippen molar-refractivity contribution in [3.05, 3.63) is 28.3 Å². The van der Waals surface area contributed by atoms with Gasteiger partial charge in [-0.05, 0) is 51.8 Å². The molecule has 0 aliphatic heterocycles. The van der Waals surface area contributed by atoms with Crippen molar-refractivity contribution in [3.8, 4) is 5.75 Å². The molecule has 0 aromatic heterocycles. The molecule has 0 spiro atoms. The molecule has 1 unspecified atom stereocenters. The average molecular weight is 354 g/mol. The normalized spacial score (nSPS) is 15.0. The van der Waals surface area contributed by atoms with Gasteiger partial charge in [0.1, 0.15) is 12.4 Å². The number of ether oxygens (including phenoxy) is 1. The zero-order valence-corrected chi connectivity index (χ0v) is 14.9. The van der Waals surface area contributed by atoms with Gasteiger partial charge in [0, 0.05) is 6.04 Å². The molecule has 0 aliphatic rings. The summed E-state index contributed by atoms with van der Waals surface area (Å²) >= 11 is 6.12. The van der Waals surface area contributed by atoms with Crippen LogP contribution >= 0.6 is 11.6 Å². The minimum atomic E-state index is -2.55. The monoisotopic (exact) mass is 353 g/mol. The third kappa shape index (κ3) is 5.48. The van der Waals surface area contributed by atoms with Gasteiger partial charge in [-0.15, -0.1) is 0 Å². The van der Waals surface area contributed by atoms with Gasteiger partial charge in [-0.1, -0.05) is 17.7 Å². The second kappa shape index (κ2) is 7.70. The number of hydrogen-bond donors (Lipinski definition) is 1. The van der Waals surface area contributed by atoms with E-state index in [4.69, 9.17) is 16.3 Å². The first-order chi connectivity index (χ1) is 10.0. The summed E-state index contributed by atoms with van der Waals surface area (Å²) in [4.78, 5) is 0. The average Bonchev–Trinajstić information content (AvgIpc) is 2.35. The highest BCUT2D eigenvalue weighted by atomic mass is 35.5. The van der Waals surface area contributed by atoms with Crippen LogP contribution in [0.5, 0.6) is 5.75 Å². The third-order valence-electron chi connectivity index (χ3n) is 2.95. The first-order valence-corrected chi connectivity index (χ1v) is 8.44. The molecule has 2 atom stereocenters. The number of benzene rings is 1. The van der Waals surface area contributed by atoms with Crippen molar-refractivity contribution < 1.29 is 17.7 Å². The van der Waals surface area contributed by atoms with Gasteiger partial charge in [0.15, 0.2) is 0 Å². The molecule has 22 heavy (non-hydrogen) atoms. The van der Waals surface area contributed by atoms with Crippen molar-refractivity contribution in [2.24, 2.45) is 0 Å². The fraction of sp³-hybridized carbons (Fsp3) is 0.600. The number of hydrogen-bond acceptors (Lipinski definition) is 2. The fourth-order valence-electron chi connectivity index (χ4n) is 1.74. The van der Waals surface area contributed by atoms with Gasteiger partial charge in [0.25, 0.3) is 6.43 Å². The molecule has 0 fully saturated rings. The minimum absolute atomic E-state index is 0.194. The number of alkyl halides is 2. The van der Waals surface area contributed by atoms with Crippen molar-refractivity contribution in [3.63, 3.8) is 0 Å². The van der Waals surface area contributed by atoms with Crippen molar-refractivity contribution >= 4 is 22.6 Å². The summed E-state index contributed by atoms with van der Waals surface area (Å²) in [5.41, 5.74) is 1.49. The fourth-order valence-corrected chi connectivity index (χ4v) is 2.88. The van der Waals surface area contributed by atoms with E-state index in [1.54, 1.807) is 19.1 Å². The quantitative estimate of drug-likeness (QED) is 0.822. The first kappa shape index (κ1) is 19.3. The van der Waals surface area contributed by atoms with Gasteiger partial charge in [-0.3, -0.25) is 0 Å². The summed E-state index contributed by atoms with van der Waals surface area (Å²) in [6, 6.07) is 3.25. The second-order valence-electron chi connectivity index (χ2n) is 6.07. The summed E-state index contributed by atoms with van der Waals surface area (Å²) in [6.07, 6.45) is -2.55. The van der Waals surface area contributed by atoms with Crippen LogP contribution in [0.4, 0.5) is 8.78 Å². The predicted octanol–water partition coefficient (Wildman–Crippen LogP) is 4.41. The van der Waals surface area contributed by atoms with E-state index < -0.39 is 24.0 Å². The Morgan fingerprint density at radius 1 is 1.36 bits per heavy atom. The summed E-state index contributed by atoms with van der Waals surface area (Å²) in [5, 5.41) is 0.269.